The van der Waals surface area contributed by atoms with E-state index >= 15 is 0 Å². The Morgan fingerprint density at radius 1 is 1.21 bits per heavy atom. The molecular weight excluding hydrogens is 496 g/mol. The van der Waals surface area contributed by atoms with Crippen LogP contribution in [0.5, 0.6) is 5.75 Å². The van der Waals surface area contributed by atoms with Crippen LogP contribution in [0.15, 0.2) is 49.0 Å². The number of carbonyl (C=O) groups is 2. The maximum atomic E-state index is 13.4. The van der Waals surface area contributed by atoms with Crippen LogP contribution in [-0.2, 0) is 24.4 Å². The summed E-state index contributed by atoms with van der Waals surface area (Å²) in [6, 6.07) is 4.98. The standard InChI is InChI=1S/C28H30N8O3/c1-18-13-29-26(33-25(18)20-6-4-3-5-7-20)27(37)32-21-16-39-23-9-8-19(12-22(23)34(2)28(21)38)14-35-10-11-36-24(15-35)30-17-31-36/h4,6-9,12-13,17,21H,3,5,10-11,14-16H2,1-2H3,(H,32,37)/t21-/m0/s1. The summed E-state index contributed by atoms with van der Waals surface area (Å²) in [6.45, 7) is 5.01. The van der Waals surface area contributed by atoms with E-state index in [1.807, 2.05) is 35.9 Å². The van der Waals surface area contributed by atoms with Crippen LogP contribution < -0.4 is 15.0 Å². The molecule has 11 nitrogen and oxygen atoms in total. The second-order valence-corrected chi connectivity index (χ2v) is 10.0. The molecule has 39 heavy (non-hydrogen) atoms. The highest BCUT2D eigenvalue weighted by Gasteiger charge is 2.32. The molecule has 0 unspecified atom stereocenters. The van der Waals surface area contributed by atoms with Gasteiger partial charge in [0.1, 0.15) is 30.5 Å². The number of nitrogens with zero attached hydrogens (tertiary/aromatic N) is 7. The van der Waals surface area contributed by atoms with Gasteiger partial charge in [-0.15, -0.1) is 0 Å². The van der Waals surface area contributed by atoms with Crippen LogP contribution in [-0.4, -0.2) is 67.7 Å². The summed E-state index contributed by atoms with van der Waals surface area (Å²) in [7, 11) is 1.70. The highest BCUT2D eigenvalue weighted by Crippen LogP contribution is 2.32. The van der Waals surface area contributed by atoms with Crippen molar-refractivity contribution in [3.63, 3.8) is 0 Å². The number of ether oxygens (including phenoxy) is 1. The lowest BCUT2D eigenvalue weighted by Crippen LogP contribution is -2.49. The van der Waals surface area contributed by atoms with Crippen LogP contribution in [0.1, 0.15) is 46.1 Å². The predicted octanol–water partition coefficient (Wildman–Crippen LogP) is 2.28. The lowest BCUT2D eigenvalue weighted by Gasteiger charge is -2.27. The van der Waals surface area contributed by atoms with Gasteiger partial charge in [-0.05, 0) is 48.6 Å². The number of amides is 2. The number of fused-ring (bicyclic) bond motifs is 2. The number of anilines is 1. The number of rotatable bonds is 5. The van der Waals surface area contributed by atoms with Gasteiger partial charge in [-0.2, -0.15) is 5.10 Å². The highest BCUT2D eigenvalue weighted by molar-refractivity contribution is 6.02. The van der Waals surface area contributed by atoms with E-state index in [1.165, 1.54) is 0 Å². The van der Waals surface area contributed by atoms with Crippen molar-refractivity contribution in [1.29, 1.82) is 0 Å². The molecule has 1 N–H and O–H groups in total. The first-order valence-electron chi connectivity index (χ1n) is 13.1. The molecule has 1 aromatic carbocycles. The summed E-state index contributed by atoms with van der Waals surface area (Å²) in [5, 5.41) is 7.02. The van der Waals surface area contributed by atoms with Crippen molar-refractivity contribution >= 4 is 23.1 Å². The number of aryl methyl sites for hydroxylation is 1. The van der Waals surface area contributed by atoms with Gasteiger partial charge in [0.15, 0.2) is 0 Å². The molecule has 2 aromatic heterocycles. The molecule has 1 aliphatic carbocycles. The molecule has 1 atom stereocenters. The second kappa shape index (κ2) is 10.4. The van der Waals surface area contributed by atoms with Crippen LogP contribution in [0.2, 0.25) is 0 Å². The van der Waals surface area contributed by atoms with Crippen molar-refractivity contribution in [2.24, 2.45) is 0 Å². The summed E-state index contributed by atoms with van der Waals surface area (Å²) in [5.74, 6) is 0.774. The first kappa shape index (κ1) is 24.9. The molecule has 0 saturated heterocycles. The largest absolute Gasteiger partial charge is 0.489 e. The number of likely N-dealkylation sites (N-methyl/N-ethyl adjacent to an activating group) is 1. The van der Waals surface area contributed by atoms with Crippen LogP contribution in [0.25, 0.3) is 5.57 Å². The SMILES string of the molecule is Cc1cnc(C(=O)N[C@H]2COc3ccc(CN4CCn5ncnc5C4)cc3N(C)C2=O)nc1C1=CCCC=C1. The lowest BCUT2D eigenvalue weighted by molar-refractivity contribution is -0.120. The van der Waals surface area contributed by atoms with Crippen molar-refractivity contribution in [1.82, 2.24) is 34.9 Å². The Labute approximate surface area is 226 Å². The third kappa shape index (κ3) is 5.05. The van der Waals surface area contributed by atoms with E-state index in [9.17, 15) is 9.59 Å². The first-order valence-corrected chi connectivity index (χ1v) is 13.1. The van der Waals surface area contributed by atoms with E-state index in [4.69, 9.17) is 4.74 Å². The Hall–Kier alpha value is -4.38. The molecule has 6 rings (SSSR count). The van der Waals surface area contributed by atoms with Gasteiger partial charge in [0.25, 0.3) is 11.8 Å². The van der Waals surface area contributed by atoms with Crippen molar-refractivity contribution in [2.75, 3.05) is 25.1 Å². The Balaban J connectivity index is 1.15. The average Bonchev–Trinajstić information content (AvgIpc) is 3.39. The minimum absolute atomic E-state index is 0.00958. The Morgan fingerprint density at radius 3 is 2.95 bits per heavy atom. The summed E-state index contributed by atoms with van der Waals surface area (Å²) in [4.78, 5) is 43.4. The Kier molecular flexibility index (Phi) is 6.65. The molecule has 4 heterocycles. The fourth-order valence-electron chi connectivity index (χ4n) is 5.11. The molecule has 2 aliphatic heterocycles. The molecule has 0 radical (unpaired) electrons. The maximum Gasteiger partial charge on any atom is 0.289 e. The van der Waals surface area contributed by atoms with Crippen molar-refractivity contribution in [3.8, 4) is 5.75 Å². The minimum atomic E-state index is -0.881. The van der Waals surface area contributed by atoms with Gasteiger partial charge in [0, 0.05) is 26.3 Å². The Bertz CT molecular complexity index is 1490. The molecule has 11 heteroatoms. The van der Waals surface area contributed by atoms with E-state index in [2.05, 4.69) is 42.4 Å². The third-order valence-corrected chi connectivity index (χ3v) is 7.26. The molecule has 3 aliphatic rings. The topological polar surface area (TPSA) is 118 Å². The number of nitrogens with one attached hydrogen (secondary N) is 1. The summed E-state index contributed by atoms with van der Waals surface area (Å²) in [5.41, 5.74) is 4.30. The van der Waals surface area contributed by atoms with Crippen molar-refractivity contribution in [2.45, 2.75) is 45.4 Å². The van der Waals surface area contributed by atoms with E-state index in [1.54, 1.807) is 24.5 Å². The zero-order valence-electron chi connectivity index (χ0n) is 22.0. The number of benzene rings is 1. The first-order chi connectivity index (χ1) is 19.0. The van der Waals surface area contributed by atoms with Crippen LogP contribution in [0.3, 0.4) is 0 Å². The van der Waals surface area contributed by atoms with Gasteiger partial charge < -0.3 is 15.0 Å². The molecule has 2 amide bonds. The highest BCUT2D eigenvalue weighted by atomic mass is 16.5. The molecular formula is C28H30N8O3. The molecule has 0 fully saturated rings. The van der Waals surface area contributed by atoms with Crippen molar-refractivity contribution < 1.29 is 14.3 Å². The fourth-order valence-corrected chi connectivity index (χ4v) is 5.11. The fraction of sp³-hybridized carbons (Fsp3) is 0.357. The van der Waals surface area contributed by atoms with Gasteiger partial charge in [-0.3, -0.25) is 14.5 Å². The average molecular weight is 527 g/mol. The van der Waals surface area contributed by atoms with Gasteiger partial charge >= 0.3 is 0 Å². The third-order valence-electron chi connectivity index (χ3n) is 7.26. The number of hydrogen-bond donors (Lipinski definition) is 1. The summed E-state index contributed by atoms with van der Waals surface area (Å²) in [6.07, 6.45) is 11.4. The number of hydrogen-bond acceptors (Lipinski definition) is 8. The van der Waals surface area contributed by atoms with Crippen LogP contribution in [0, 0.1) is 6.92 Å². The van der Waals surface area contributed by atoms with E-state index in [-0.39, 0.29) is 18.3 Å². The maximum absolute atomic E-state index is 13.4. The summed E-state index contributed by atoms with van der Waals surface area (Å²) < 4.78 is 7.91. The Morgan fingerprint density at radius 2 is 2.10 bits per heavy atom. The van der Waals surface area contributed by atoms with Gasteiger partial charge in [0.05, 0.1) is 24.5 Å². The monoisotopic (exact) mass is 526 g/mol. The summed E-state index contributed by atoms with van der Waals surface area (Å²) >= 11 is 0. The number of carbonyl (C=O) groups excluding carboxylic acids is 2. The normalized spacial score (nSPS) is 19.0. The van der Waals surface area contributed by atoms with Gasteiger partial charge in [0.2, 0.25) is 5.82 Å². The lowest BCUT2D eigenvalue weighted by atomic mass is 10.0. The number of aromatic nitrogens is 5. The molecule has 3 aromatic rings. The zero-order chi connectivity index (χ0) is 26.9. The van der Waals surface area contributed by atoms with E-state index < -0.39 is 11.9 Å². The molecule has 0 bridgehead atoms. The van der Waals surface area contributed by atoms with Crippen LogP contribution >= 0.6 is 0 Å². The minimum Gasteiger partial charge on any atom is -0.489 e. The molecule has 0 spiro atoms. The molecule has 0 saturated carbocycles. The predicted molar refractivity (Wildman–Crippen MR) is 144 cm³/mol. The van der Waals surface area contributed by atoms with E-state index in [0.717, 1.165) is 54.1 Å². The van der Waals surface area contributed by atoms with Gasteiger partial charge in [-0.1, -0.05) is 24.3 Å². The second-order valence-electron chi connectivity index (χ2n) is 10.0. The van der Waals surface area contributed by atoms with Crippen molar-refractivity contribution in [3.05, 3.63) is 77.4 Å². The van der Waals surface area contributed by atoms with Crippen LogP contribution in [0.4, 0.5) is 5.69 Å². The number of allylic oxidation sites excluding steroid dienone is 4. The molecule has 200 valence electrons. The zero-order valence-corrected chi connectivity index (χ0v) is 22.0. The van der Waals surface area contributed by atoms with E-state index in [0.29, 0.717) is 24.5 Å². The van der Waals surface area contributed by atoms with Gasteiger partial charge in [-0.25, -0.2) is 19.6 Å². The quantitative estimate of drug-likeness (QED) is 0.538. The smallest absolute Gasteiger partial charge is 0.289 e.